The Morgan fingerprint density at radius 1 is 1.31 bits per heavy atom. The zero-order valence-corrected chi connectivity index (χ0v) is 10.7. The van der Waals surface area contributed by atoms with Crippen LogP contribution in [-0.2, 0) is 6.54 Å². The molecular weight excluding hydrogens is 289 g/mol. The fraction of sp³-hybridized carbons (Fsp3) is 0.0909. The second-order valence-electron chi connectivity index (χ2n) is 3.21. The lowest BCUT2D eigenvalue weighted by atomic mass is 10.2. The summed E-state index contributed by atoms with van der Waals surface area (Å²) in [6.07, 6.45) is 5.24. The molecule has 0 aliphatic carbocycles. The van der Waals surface area contributed by atoms with Crippen molar-refractivity contribution in [3.05, 3.63) is 52.0 Å². The van der Waals surface area contributed by atoms with Crippen molar-refractivity contribution in [1.82, 2.24) is 9.97 Å². The van der Waals surface area contributed by atoms with Crippen LogP contribution in [0.3, 0.4) is 0 Å². The van der Waals surface area contributed by atoms with E-state index in [0.717, 1.165) is 16.7 Å². The number of rotatable bonds is 3. The van der Waals surface area contributed by atoms with Crippen molar-refractivity contribution in [2.75, 3.05) is 5.32 Å². The monoisotopic (exact) mass is 297 g/mol. The maximum Gasteiger partial charge on any atom is 0.143 e. The van der Waals surface area contributed by atoms with Crippen molar-refractivity contribution in [3.63, 3.8) is 0 Å². The first kappa shape index (κ1) is 11.4. The minimum Gasteiger partial charge on any atom is -0.380 e. The van der Waals surface area contributed by atoms with E-state index in [1.54, 1.807) is 18.6 Å². The highest BCUT2D eigenvalue weighted by molar-refractivity contribution is 9.10. The molecule has 1 N–H and O–H groups in total. The van der Waals surface area contributed by atoms with E-state index in [1.165, 1.54) is 5.56 Å². The van der Waals surface area contributed by atoms with E-state index in [2.05, 4.69) is 31.2 Å². The molecule has 3 nitrogen and oxygen atoms in total. The van der Waals surface area contributed by atoms with Crippen molar-refractivity contribution in [3.8, 4) is 0 Å². The van der Waals surface area contributed by atoms with Gasteiger partial charge >= 0.3 is 0 Å². The van der Waals surface area contributed by atoms with Crippen LogP contribution in [0.15, 0.2) is 41.3 Å². The van der Waals surface area contributed by atoms with Crippen molar-refractivity contribution >= 4 is 33.2 Å². The second-order valence-corrected chi connectivity index (χ2v) is 4.42. The molecule has 0 amide bonds. The summed E-state index contributed by atoms with van der Waals surface area (Å²) < 4.78 is 0.786. The molecule has 5 heteroatoms. The van der Waals surface area contributed by atoms with Crippen molar-refractivity contribution in [1.29, 1.82) is 0 Å². The molecule has 2 aromatic heterocycles. The minimum absolute atomic E-state index is 0.467. The van der Waals surface area contributed by atoms with E-state index in [-0.39, 0.29) is 0 Å². The first-order valence-electron chi connectivity index (χ1n) is 4.69. The topological polar surface area (TPSA) is 37.8 Å². The summed E-state index contributed by atoms with van der Waals surface area (Å²) in [5, 5.41) is 3.72. The van der Waals surface area contributed by atoms with Gasteiger partial charge in [0, 0.05) is 18.9 Å². The van der Waals surface area contributed by atoms with Gasteiger partial charge in [0.15, 0.2) is 0 Å². The second kappa shape index (κ2) is 5.27. The van der Waals surface area contributed by atoms with Crippen LogP contribution in [0, 0.1) is 0 Å². The molecule has 2 aromatic rings. The number of halogens is 2. The summed E-state index contributed by atoms with van der Waals surface area (Å²) in [6.45, 7) is 0.734. The fourth-order valence-corrected chi connectivity index (χ4v) is 1.68. The molecule has 16 heavy (non-hydrogen) atoms. The predicted molar refractivity (Wildman–Crippen MR) is 68.5 cm³/mol. The van der Waals surface area contributed by atoms with Crippen LogP contribution in [0.1, 0.15) is 5.56 Å². The van der Waals surface area contributed by atoms with Gasteiger partial charge in [0.25, 0.3) is 0 Å². The first-order valence-corrected chi connectivity index (χ1v) is 5.86. The van der Waals surface area contributed by atoms with E-state index in [0.29, 0.717) is 5.15 Å². The van der Waals surface area contributed by atoms with E-state index < -0.39 is 0 Å². The Hall–Kier alpha value is -1.13. The van der Waals surface area contributed by atoms with Gasteiger partial charge in [0.05, 0.1) is 16.4 Å². The number of hydrogen-bond acceptors (Lipinski definition) is 3. The minimum atomic E-state index is 0.467. The average molecular weight is 299 g/mol. The lowest BCUT2D eigenvalue weighted by molar-refractivity contribution is 1.12. The van der Waals surface area contributed by atoms with Gasteiger partial charge in [0.1, 0.15) is 5.15 Å². The maximum absolute atomic E-state index is 5.80. The number of pyridine rings is 2. The molecule has 0 aliphatic heterocycles. The number of anilines is 1. The van der Waals surface area contributed by atoms with Gasteiger partial charge in [-0.15, -0.1) is 0 Å². The van der Waals surface area contributed by atoms with Crippen LogP contribution in [0.4, 0.5) is 5.69 Å². The number of hydrogen-bond donors (Lipinski definition) is 1. The highest BCUT2D eigenvalue weighted by Crippen LogP contribution is 2.23. The van der Waals surface area contributed by atoms with Gasteiger partial charge in [-0.05, 0) is 39.7 Å². The maximum atomic E-state index is 5.80. The largest absolute Gasteiger partial charge is 0.380 e. The van der Waals surface area contributed by atoms with Gasteiger partial charge in [-0.3, -0.25) is 4.98 Å². The summed E-state index contributed by atoms with van der Waals surface area (Å²) in [6, 6.07) is 5.83. The van der Waals surface area contributed by atoms with Gasteiger partial charge in [-0.2, -0.15) is 0 Å². The summed E-state index contributed by atoms with van der Waals surface area (Å²) in [4.78, 5) is 8.00. The third-order valence-electron chi connectivity index (χ3n) is 2.04. The Balaban J connectivity index is 2.03. The summed E-state index contributed by atoms with van der Waals surface area (Å²) >= 11 is 9.13. The fourth-order valence-electron chi connectivity index (χ4n) is 1.22. The molecule has 0 aromatic carbocycles. The Labute approximate surface area is 107 Å². The highest BCUT2D eigenvalue weighted by atomic mass is 79.9. The van der Waals surface area contributed by atoms with E-state index in [9.17, 15) is 0 Å². The van der Waals surface area contributed by atoms with Crippen molar-refractivity contribution in [2.45, 2.75) is 6.54 Å². The zero-order chi connectivity index (χ0) is 11.4. The SMILES string of the molecule is Clc1ncc(NCc2ccncc2)cc1Br. The normalized spacial score (nSPS) is 10.1. The van der Waals surface area contributed by atoms with Crippen LogP contribution in [0.25, 0.3) is 0 Å². The Morgan fingerprint density at radius 3 is 2.75 bits per heavy atom. The molecule has 2 rings (SSSR count). The van der Waals surface area contributed by atoms with E-state index in [4.69, 9.17) is 11.6 Å². The molecule has 82 valence electrons. The summed E-state index contributed by atoms with van der Waals surface area (Å²) in [7, 11) is 0. The van der Waals surface area contributed by atoms with Gasteiger partial charge < -0.3 is 5.32 Å². The lowest BCUT2D eigenvalue weighted by Crippen LogP contribution is -1.99. The summed E-state index contributed by atoms with van der Waals surface area (Å²) in [5.74, 6) is 0. The van der Waals surface area contributed by atoms with Crippen LogP contribution in [-0.4, -0.2) is 9.97 Å². The molecule has 2 heterocycles. The molecular formula is C11H9BrClN3. The lowest BCUT2D eigenvalue weighted by Gasteiger charge is -2.06. The van der Waals surface area contributed by atoms with Gasteiger partial charge in [-0.1, -0.05) is 11.6 Å². The average Bonchev–Trinajstić information content (AvgIpc) is 2.32. The van der Waals surface area contributed by atoms with E-state index >= 15 is 0 Å². The van der Waals surface area contributed by atoms with Crippen LogP contribution in [0.2, 0.25) is 5.15 Å². The molecule has 0 spiro atoms. The quantitative estimate of drug-likeness (QED) is 0.881. The first-order chi connectivity index (χ1) is 7.75. The van der Waals surface area contributed by atoms with Crippen LogP contribution >= 0.6 is 27.5 Å². The van der Waals surface area contributed by atoms with Gasteiger partial charge in [-0.25, -0.2) is 4.98 Å². The van der Waals surface area contributed by atoms with Crippen molar-refractivity contribution < 1.29 is 0 Å². The standard InChI is InChI=1S/C11H9BrClN3/c12-10-5-9(7-16-11(10)13)15-6-8-1-3-14-4-2-8/h1-5,7,15H,6H2. The Morgan fingerprint density at radius 2 is 2.06 bits per heavy atom. The molecule has 0 saturated carbocycles. The number of aromatic nitrogens is 2. The molecule has 0 atom stereocenters. The van der Waals surface area contributed by atoms with Crippen LogP contribution in [0.5, 0.6) is 0 Å². The molecule has 0 radical (unpaired) electrons. The summed E-state index contributed by atoms with van der Waals surface area (Å²) in [5.41, 5.74) is 2.09. The highest BCUT2D eigenvalue weighted by Gasteiger charge is 2.00. The zero-order valence-electron chi connectivity index (χ0n) is 8.32. The molecule has 0 bridgehead atoms. The molecule has 0 fully saturated rings. The third kappa shape index (κ3) is 2.93. The number of nitrogens with one attached hydrogen (secondary N) is 1. The number of nitrogens with zero attached hydrogens (tertiary/aromatic N) is 2. The molecule has 0 unspecified atom stereocenters. The Kier molecular flexibility index (Phi) is 3.74. The van der Waals surface area contributed by atoms with E-state index in [1.807, 2.05) is 18.2 Å². The third-order valence-corrected chi connectivity index (χ3v) is 3.18. The molecule has 0 saturated heterocycles. The predicted octanol–water partition coefficient (Wildman–Crippen LogP) is 3.50. The van der Waals surface area contributed by atoms with Crippen LogP contribution < -0.4 is 5.32 Å². The molecule has 0 aliphatic rings. The van der Waals surface area contributed by atoms with Gasteiger partial charge in [0.2, 0.25) is 0 Å². The smallest absolute Gasteiger partial charge is 0.143 e. The Bertz CT molecular complexity index is 476. The van der Waals surface area contributed by atoms with Crippen molar-refractivity contribution in [2.24, 2.45) is 0 Å².